The minimum absolute atomic E-state index is 0.190. The highest BCUT2D eigenvalue weighted by Crippen LogP contribution is 2.36. The molecule has 68 valence electrons. The van der Waals surface area contributed by atoms with Crippen LogP contribution >= 0.6 is 0 Å². The molecule has 0 saturated carbocycles. The first-order valence-electron chi connectivity index (χ1n) is 4.04. The van der Waals surface area contributed by atoms with Crippen molar-refractivity contribution in [3.63, 3.8) is 0 Å². The van der Waals surface area contributed by atoms with Crippen LogP contribution in [0.4, 0.5) is 5.69 Å². The molecule has 0 fully saturated rings. The Labute approximate surface area is 78.3 Å². The van der Waals surface area contributed by atoms with Crippen molar-refractivity contribution >= 4 is 18.5 Å². The van der Waals surface area contributed by atoms with Gasteiger partial charge in [-0.1, -0.05) is 18.7 Å². The summed E-state index contributed by atoms with van der Waals surface area (Å²) in [6.07, 6.45) is 1.68. The van der Waals surface area contributed by atoms with Crippen molar-refractivity contribution in [1.82, 2.24) is 0 Å². The molecule has 1 aromatic carbocycles. The zero-order valence-corrected chi connectivity index (χ0v) is 7.96. The van der Waals surface area contributed by atoms with Crippen molar-refractivity contribution in [3.05, 3.63) is 29.3 Å². The lowest BCUT2D eigenvalue weighted by Gasteiger charge is -2.09. The van der Waals surface area contributed by atoms with E-state index in [0.29, 0.717) is 5.69 Å². The van der Waals surface area contributed by atoms with Gasteiger partial charge in [0.05, 0.1) is 0 Å². The molecule has 0 saturated heterocycles. The second-order valence-corrected chi connectivity index (χ2v) is 2.98. The van der Waals surface area contributed by atoms with Gasteiger partial charge in [-0.05, 0) is 31.7 Å². The Morgan fingerprint density at radius 1 is 1.38 bits per heavy atom. The van der Waals surface area contributed by atoms with Crippen molar-refractivity contribution in [2.24, 2.45) is 4.99 Å². The van der Waals surface area contributed by atoms with Crippen LogP contribution in [0, 0.1) is 13.8 Å². The summed E-state index contributed by atoms with van der Waals surface area (Å²) in [6.45, 7) is 10.9. The summed E-state index contributed by atoms with van der Waals surface area (Å²) < 4.78 is 0. The van der Waals surface area contributed by atoms with Gasteiger partial charge in [0.1, 0.15) is 11.4 Å². The molecule has 0 radical (unpaired) electrons. The Hall–Kier alpha value is -1.57. The van der Waals surface area contributed by atoms with Crippen LogP contribution in [0.25, 0.3) is 6.08 Å². The van der Waals surface area contributed by atoms with E-state index >= 15 is 0 Å². The normalized spacial score (nSPS) is 9.69. The van der Waals surface area contributed by atoms with E-state index in [9.17, 15) is 5.11 Å². The number of benzene rings is 1. The van der Waals surface area contributed by atoms with E-state index in [2.05, 4.69) is 18.3 Å². The Morgan fingerprint density at radius 3 is 2.46 bits per heavy atom. The van der Waals surface area contributed by atoms with E-state index in [-0.39, 0.29) is 5.75 Å². The number of aliphatic imine (C=N–C) groups is 1. The smallest absolute Gasteiger partial charge is 0.144 e. The average molecular weight is 175 g/mol. The first-order valence-corrected chi connectivity index (χ1v) is 4.04. The SMILES string of the molecule is C=Cc1c(C)cc(C)c(O)c1N=C. The Kier molecular flexibility index (Phi) is 2.52. The lowest BCUT2D eigenvalue weighted by molar-refractivity contribution is 0.472. The maximum atomic E-state index is 9.65. The molecule has 0 aliphatic rings. The maximum absolute atomic E-state index is 9.65. The van der Waals surface area contributed by atoms with Crippen molar-refractivity contribution in [2.45, 2.75) is 13.8 Å². The molecular weight excluding hydrogens is 162 g/mol. The highest BCUT2D eigenvalue weighted by molar-refractivity contribution is 5.74. The molecule has 0 amide bonds. The predicted molar refractivity (Wildman–Crippen MR) is 56.9 cm³/mol. The van der Waals surface area contributed by atoms with Crippen LogP contribution in [0.15, 0.2) is 17.6 Å². The molecular formula is C11H13NO. The van der Waals surface area contributed by atoms with Gasteiger partial charge >= 0.3 is 0 Å². The van der Waals surface area contributed by atoms with Gasteiger partial charge in [0.25, 0.3) is 0 Å². The molecule has 2 heteroatoms. The van der Waals surface area contributed by atoms with Crippen LogP contribution < -0.4 is 0 Å². The summed E-state index contributed by atoms with van der Waals surface area (Å²) in [6, 6.07) is 1.90. The fraction of sp³-hybridized carbons (Fsp3) is 0.182. The molecule has 13 heavy (non-hydrogen) atoms. The van der Waals surface area contributed by atoms with Crippen molar-refractivity contribution in [3.8, 4) is 5.75 Å². The van der Waals surface area contributed by atoms with Gasteiger partial charge in [0.2, 0.25) is 0 Å². The number of aryl methyl sites for hydroxylation is 2. The van der Waals surface area contributed by atoms with Crippen LogP contribution in [-0.4, -0.2) is 11.8 Å². The molecule has 0 aromatic heterocycles. The van der Waals surface area contributed by atoms with E-state index in [1.54, 1.807) is 6.08 Å². The van der Waals surface area contributed by atoms with Gasteiger partial charge in [-0.25, -0.2) is 0 Å². The van der Waals surface area contributed by atoms with Gasteiger partial charge in [-0.3, -0.25) is 4.99 Å². The third-order valence-corrected chi connectivity index (χ3v) is 2.07. The summed E-state index contributed by atoms with van der Waals surface area (Å²) >= 11 is 0. The largest absolute Gasteiger partial charge is 0.505 e. The third-order valence-electron chi connectivity index (χ3n) is 2.07. The fourth-order valence-corrected chi connectivity index (χ4v) is 1.39. The topological polar surface area (TPSA) is 32.6 Å². The number of hydrogen-bond acceptors (Lipinski definition) is 2. The second kappa shape index (κ2) is 3.44. The predicted octanol–water partition coefficient (Wildman–Crippen LogP) is 2.98. The molecule has 0 heterocycles. The Morgan fingerprint density at radius 2 is 2.00 bits per heavy atom. The van der Waals surface area contributed by atoms with E-state index in [0.717, 1.165) is 16.7 Å². The molecule has 2 nitrogen and oxygen atoms in total. The molecule has 0 atom stereocenters. The quantitative estimate of drug-likeness (QED) is 0.688. The lowest BCUT2D eigenvalue weighted by Crippen LogP contribution is -1.85. The number of nitrogens with zero attached hydrogens (tertiary/aromatic N) is 1. The van der Waals surface area contributed by atoms with Crippen LogP contribution in [0.1, 0.15) is 16.7 Å². The number of rotatable bonds is 2. The highest BCUT2D eigenvalue weighted by Gasteiger charge is 2.09. The minimum atomic E-state index is 0.190. The van der Waals surface area contributed by atoms with E-state index in [1.807, 2.05) is 19.9 Å². The number of hydrogen-bond donors (Lipinski definition) is 1. The van der Waals surface area contributed by atoms with Crippen LogP contribution in [-0.2, 0) is 0 Å². The number of phenolic OH excluding ortho intramolecular Hbond substituents is 1. The van der Waals surface area contributed by atoms with Crippen LogP contribution in [0.2, 0.25) is 0 Å². The van der Waals surface area contributed by atoms with E-state index in [4.69, 9.17) is 0 Å². The average Bonchev–Trinajstić information content (AvgIpc) is 2.10. The lowest BCUT2D eigenvalue weighted by atomic mass is 10.0. The number of phenols is 1. The summed E-state index contributed by atoms with van der Waals surface area (Å²) in [4.78, 5) is 3.79. The van der Waals surface area contributed by atoms with E-state index < -0.39 is 0 Å². The van der Waals surface area contributed by atoms with Crippen LogP contribution in [0.5, 0.6) is 5.75 Å². The van der Waals surface area contributed by atoms with Gasteiger partial charge in [0.15, 0.2) is 0 Å². The first kappa shape index (κ1) is 9.52. The molecule has 1 N–H and O–H groups in total. The zero-order chi connectivity index (χ0) is 10.0. The molecule has 1 aromatic rings. The number of aromatic hydroxyl groups is 1. The summed E-state index contributed by atoms with van der Waals surface area (Å²) in [5, 5.41) is 9.65. The van der Waals surface area contributed by atoms with Gasteiger partial charge < -0.3 is 5.11 Å². The minimum Gasteiger partial charge on any atom is -0.505 e. The molecule has 0 aliphatic heterocycles. The van der Waals surface area contributed by atoms with E-state index in [1.165, 1.54) is 0 Å². The van der Waals surface area contributed by atoms with Crippen molar-refractivity contribution < 1.29 is 5.11 Å². The first-order chi connectivity index (χ1) is 6.11. The van der Waals surface area contributed by atoms with Gasteiger partial charge in [-0.15, -0.1) is 0 Å². The standard InChI is InChI=1S/C11H13NO/c1-5-9-7(2)6-8(3)11(13)10(9)12-4/h5-6,13H,1,4H2,2-3H3. The van der Waals surface area contributed by atoms with Gasteiger partial charge in [0, 0.05) is 5.56 Å². The van der Waals surface area contributed by atoms with Crippen LogP contribution in [0.3, 0.4) is 0 Å². The third kappa shape index (κ3) is 1.47. The fourth-order valence-electron chi connectivity index (χ4n) is 1.39. The molecule has 0 aliphatic carbocycles. The highest BCUT2D eigenvalue weighted by atomic mass is 16.3. The second-order valence-electron chi connectivity index (χ2n) is 2.98. The van der Waals surface area contributed by atoms with Crippen molar-refractivity contribution in [1.29, 1.82) is 0 Å². The zero-order valence-electron chi connectivity index (χ0n) is 7.96. The molecule has 0 bridgehead atoms. The summed E-state index contributed by atoms with van der Waals surface area (Å²) in [7, 11) is 0. The maximum Gasteiger partial charge on any atom is 0.144 e. The van der Waals surface area contributed by atoms with Gasteiger partial charge in [-0.2, -0.15) is 0 Å². The molecule has 0 spiro atoms. The summed E-state index contributed by atoms with van der Waals surface area (Å²) in [5.74, 6) is 0.190. The van der Waals surface area contributed by atoms with Crippen molar-refractivity contribution in [2.75, 3.05) is 0 Å². The Balaban J connectivity index is 3.59. The molecule has 1 rings (SSSR count). The summed E-state index contributed by atoms with van der Waals surface area (Å²) in [5.41, 5.74) is 3.23. The Bertz CT molecular complexity index is 367. The molecule has 0 unspecified atom stereocenters. The monoisotopic (exact) mass is 175 g/mol.